The number of carbonyl (C=O) groups excluding carboxylic acids is 2. The molecule has 0 atom stereocenters. The molecule has 0 saturated heterocycles. The number of hydrogen-bond donors (Lipinski definition) is 0. The molecule has 0 amide bonds. The predicted molar refractivity (Wildman–Crippen MR) is 112 cm³/mol. The van der Waals surface area contributed by atoms with Gasteiger partial charge in [0, 0.05) is 34.6 Å². The Morgan fingerprint density at radius 1 is 0.821 bits per heavy atom. The molecule has 0 fully saturated rings. The van der Waals surface area contributed by atoms with Crippen LogP contribution in [0, 0.1) is 6.92 Å². The topological polar surface area (TPSA) is 39.1 Å². The van der Waals surface area contributed by atoms with Gasteiger partial charge in [-0.05, 0) is 18.6 Å². The summed E-state index contributed by atoms with van der Waals surface area (Å²) in [4.78, 5) is 25.6. The van der Waals surface area contributed by atoms with E-state index in [0.29, 0.717) is 17.5 Å². The van der Waals surface area contributed by atoms with Gasteiger partial charge in [-0.15, -0.1) is 0 Å². The Bertz CT molecular complexity index is 1140. The van der Waals surface area contributed by atoms with Crippen LogP contribution in [-0.2, 0) is 17.8 Å². The van der Waals surface area contributed by atoms with E-state index in [1.54, 1.807) is 0 Å². The van der Waals surface area contributed by atoms with Gasteiger partial charge < -0.3 is 4.57 Å². The third-order valence-corrected chi connectivity index (χ3v) is 4.94. The summed E-state index contributed by atoms with van der Waals surface area (Å²) < 4.78 is 1.89. The second-order valence-electron chi connectivity index (χ2n) is 7.08. The highest BCUT2D eigenvalue weighted by molar-refractivity contribution is 6.16. The van der Waals surface area contributed by atoms with Gasteiger partial charge in [-0.2, -0.15) is 0 Å². The van der Waals surface area contributed by atoms with Crippen LogP contribution in [0.3, 0.4) is 0 Å². The molecule has 1 aromatic heterocycles. The van der Waals surface area contributed by atoms with Crippen molar-refractivity contribution in [2.45, 2.75) is 19.9 Å². The van der Waals surface area contributed by atoms with Crippen molar-refractivity contribution in [3.05, 3.63) is 107 Å². The molecule has 3 aromatic carbocycles. The molecule has 1 heterocycles. The van der Waals surface area contributed by atoms with E-state index >= 15 is 0 Å². The second-order valence-corrected chi connectivity index (χ2v) is 7.08. The van der Waals surface area contributed by atoms with E-state index in [0.717, 1.165) is 16.5 Å². The van der Waals surface area contributed by atoms with E-state index in [9.17, 15) is 9.59 Å². The Kier molecular flexibility index (Phi) is 4.90. The minimum Gasteiger partial charge on any atom is -0.339 e. The van der Waals surface area contributed by atoms with Gasteiger partial charge in [-0.25, -0.2) is 0 Å². The third kappa shape index (κ3) is 3.65. The first-order valence-electron chi connectivity index (χ1n) is 9.37. The van der Waals surface area contributed by atoms with Crippen LogP contribution < -0.4 is 0 Å². The molecule has 0 aliphatic heterocycles. The Hall–Kier alpha value is -3.46. The first kappa shape index (κ1) is 17.9. The fourth-order valence-corrected chi connectivity index (χ4v) is 3.48. The normalized spacial score (nSPS) is 10.9. The quantitative estimate of drug-likeness (QED) is 0.450. The average Bonchev–Trinajstić information content (AvgIpc) is 3.08. The molecule has 0 bridgehead atoms. The second kappa shape index (κ2) is 7.65. The number of Topliss-reactive ketones (excluding diaryl/α,β-unsaturated/α-hetero) is 1. The summed E-state index contributed by atoms with van der Waals surface area (Å²) in [5.41, 5.74) is 4.37. The lowest BCUT2D eigenvalue weighted by molar-refractivity contribution is -0.118. The summed E-state index contributed by atoms with van der Waals surface area (Å²) in [6.45, 7) is 2.28. The van der Waals surface area contributed by atoms with Crippen molar-refractivity contribution in [3.8, 4) is 0 Å². The lowest BCUT2D eigenvalue weighted by Gasteiger charge is -2.05. The molecule has 4 aromatic rings. The standard InChI is InChI=1S/C25H21NO2/c1-18-11-13-19(14-12-18)15-21(27)16-26-17-23(22-9-5-6-10-24(22)26)25(28)20-7-3-2-4-8-20/h2-14,17H,15-16H2,1H3. The number of aryl methyl sites for hydroxylation is 1. The third-order valence-electron chi connectivity index (χ3n) is 4.94. The maximum Gasteiger partial charge on any atom is 0.195 e. The number of carbonyl (C=O) groups is 2. The summed E-state index contributed by atoms with van der Waals surface area (Å²) in [5.74, 6) is 0.0878. The number of ketones is 2. The first-order valence-corrected chi connectivity index (χ1v) is 9.37. The molecule has 138 valence electrons. The van der Waals surface area contributed by atoms with Gasteiger partial charge in [0.05, 0.1) is 6.54 Å². The van der Waals surface area contributed by atoms with Gasteiger partial charge in [-0.3, -0.25) is 9.59 Å². The zero-order chi connectivity index (χ0) is 19.5. The van der Waals surface area contributed by atoms with Crippen molar-refractivity contribution < 1.29 is 9.59 Å². The summed E-state index contributed by atoms with van der Waals surface area (Å²) in [7, 11) is 0. The van der Waals surface area contributed by atoms with Crippen LogP contribution >= 0.6 is 0 Å². The van der Waals surface area contributed by atoms with Crippen molar-refractivity contribution in [1.82, 2.24) is 4.57 Å². The van der Waals surface area contributed by atoms with Crippen LogP contribution in [-0.4, -0.2) is 16.1 Å². The molecule has 4 rings (SSSR count). The smallest absolute Gasteiger partial charge is 0.195 e. The molecule has 0 radical (unpaired) electrons. The van der Waals surface area contributed by atoms with Gasteiger partial charge in [0.2, 0.25) is 0 Å². The molecule has 0 unspecified atom stereocenters. The van der Waals surface area contributed by atoms with Crippen molar-refractivity contribution in [2.24, 2.45) is 0 Å². The van der Waals surface area contributed by atoms with Crippen molar-refractivity contribution in [2.75, 3.05) is 0 Å². The van der Waals surface area contributed by atoms with Crippen molar-refractivity contribution in [1.29, 1.82) is 0 Å². The number of aromatic nitrogens is 1. The maximum absolute atomic E-state index is 13.0. The molecule has 3 heteroatoms. The van der Waals surface area contributed by atoms with Crippen LogP contribution in [0.25, 0.3) is 10.9 Å². The Labute approximate surface area is 164 Å². The monoisotopic (exact) mass is 367 g/mol. The molecule has 0 N–H and O–H groups in total. The zero-order valence-electron chi connectivity index (χ0n) is 15.8. The highest BCUT2D eigenvalue weighted by atomic mass is 16.1. The van der Waals surface area contributed by atoms with Crippen LogP contribution in [0.2, 0.25) is 0 Å². The van der Waals surface area contributed by atoms with Crippen LogP contribution in [0.15, 0.2) is 85.1 Å². The lowest BCUT2D eigenvalue weighted by Crippen LogP contribution is -2.12. The molecular weight excluding hydrogens is 346 g/mol. The minimum absolute atomic E-state index is 0.0264. The van der Waals surface area contributed by atoms with Crippen LogP contribution in [0.5, 0.6) is 0 Å². The largest absolute Gasteiger partial charge is 0.339 e. The van der Waals surface area contributed by atoms with E-state index in [1.165, 1.54) is 5.56 Å². The fraction of sp³-hybridized carbons (Fsp3) is 0.120. The summed E-state index contributed by atoms with van der Waals surface area (Å²) in [6.07, 6.45) is 2.20. The number of rotatable bonds is 6. The van der Waals surface area contributed by atoms with E-state index < -0.39 is 0 Å². The number of fused-ring (bicyclic) bond motifs is 1. The van der Waals surface area contributed by atoms with Crippen LogP contribution in [0.1, 0.15) is 27.0 Å². The maximum atomic E-state index is 13.0. The fourth-order valence-electron chi connectivity index (χ4n) is 3.48. The molecule has 0 saturated carbocycles. The minimum atomic E-state index is -0.0264. The zero-order valence-corrected chi connectivity index (χ0v) is 15.8. The molecular formula is C25H21NO2. The summed E-state index contributed by atoms with van der Waals surface area (Å²) in [6, 6.07) is 25.0. The van der Waals surface area contributed by atoms with E-state index in [4.69, 9.17) is 0 Å². The van der Waals surface area contributed by atoms with Gasteiger partial charge in [0.1, 0.15) is 0 Å². The lowest BCUT2D eigenvalue weighted by atomic mass is 10.0. The summed E-state index contributed by atoms with van der Waals surface area (Å²) >= 11 is 0. The Balaban J connectivity index is 1.63. The molecule has 0 spiro atoms. The molecule has 28 heavy (non-hydrogen) atoms. The van der Waals surface area contributed by atoms with E-state index in [1.807, 2.05) is 96.6 Å². The number of hydrogen-bond acceptors (Lipinski definition) is 2. The van der Waals surface area contributed by atoms with Gasteiger partial charge in [0.15, 0.2) is 11.6 Å². The predicted octanol–water partition coefficient (Wildman–Crippen LogP) is 4.99. The first-order chi connectivity index (χ1) is 13.6. The van der Waals surface area contributed by atoms with Crippen molar-refractivity contribution in [3.63, 3.8) is 0 Å². The van der Waals surface area contributed by atoms with Gasteiger partial charge >= 0.3 is 0 Å². The Morgan fingerprint density at radius 2 is 1.50 bits per heavy atom. The van der Waals surface area contributed by atoms with E-state index in [-0.39, 0.29) is 18.1 Å². The number of para-hydroxylation sites is 1. The number of nitrogens with zero attached hydrogens (tertiary/aromatic N) is 1. The summed E-state index contributed by atoms with van der Waals surface area (Å²) in [5, 5.41) is 0.875. The highest BCUT2D eigenvalue weighted by Gasteiger charge is 2.17. The van der Waals surface area contributed by atoms with Gasteiger partial charge in [0.25, 0.3) is 0 Å². The van der Waals surface area contributed by atoms with E-state index in [2.05, 4.69) is 0 Å². The Morgan fingerprint density at radius 3 is 2.25 bits per heavy atom. The SMILES string of the molecule is Cc1ccc(CC(=O)Cn2cc(C(=O)c3ccccc3)c3ccccc32)cc1. The molecule has 0 aliphatic carbocycles. The van der Waals surface area contributed by atoms with Crippen molar-refractivity contribution >= 4 is 22.5 Å². The van der Waals surface area contributed by atoms with Gasteiger partial charge in [-0.1, -0.05) is 78.4 Å². The highest BCUT2D eigenvalue weighted by Crippen LogP contribution is 2.24. The average molecular weight is 367 g/mol. The molecule has 3 nitrogen and oxygen atoms in total. The molecule has 0 aliphatic rings. The number of benzene rings is 3. The van der Waals surface area contributed by atoms with Crippen LogP contribution in [0.4, 0.5) is 0 Å².